The van der Waals surface area contributed by atoms with Gasteiger partial charge in [-0.3, -0.25) is 9.35 Å². The van der Waals surface area contributed by atoms with Crippen LogP contribution in [0.5, 0.6) is 0 Å². The molecule has 0 bridgehead atoms. The van der Waals surface area contributed by atoms with Crippen molar-refractivity contribution in [3.05, 3.63) is 21.1 Å². The maximum absolute atomic E-state index is 11.8. The number of nitrogens with zero attached hydrogens (tertiary/aromatic N) is 2. The molecule has 19 heavy (non-hydrogen) atoms. The number of benzene rings is 1. The Bertz CT molecular complexity index is 700. The summed E-state index contributed by atoms with van der Waals surface area (Å²) in [7, 11) is -4.39. The molecule has 1 heterocycles. The highest BCUT2D eigenvalue weighted by Gasteiger charge is 2.29. The molecular weight excluding hydrogens is 404 g/mol. The highest BCUT2D eigenvalue weighted by Crippen LogP contribution is 2.40. The molecule has 9 heteroatoms. The van der Waals surface area contributed by atoms with Gasteiger partial charge in [0.05, 0.1) is 16.6 Å². The molecule has 0 saturated carbocycles. The zero-order valence-electron chi connectivity index (χ0n) is 9.59. The second kappa shape index (κ2) is 4.97. The number of anilines is 1. The number of halogens is 2. The van der Waals surface area contributed by atoms with Crippen molar-refractivity contribution in [2.75, 3.05) is 5.01 Å². The van der Waals surface area contributed by atoms with Crippen molar-refractivity contribution in [3.63, 3.8) is 0 Å². The topological polar surface area (TPSA) is 87.0 Å². The molecule has 0 fully saturated rings. The normalized spacial score (nSPS) is 15.9. The van der Waals surface area contributed by atoms with Crippen LogP contribution in [0.1, 0.15) is 13.3 Å². The average Bonchev–Trinajstić information content (AvgIpc) is 2.56. The largest absolute Gasteiger partial charge is 0.295 e. The van der Waals surface area contributed by atoms with Crippen LogP contribution in [0.2, 0.25) is 0 Å². The molecule has 1 N–H and O–H groups in total. The lowest BCUT2D eigenvalue weighted by molar-refractivity contribution is -0.116. The van der Waals surface area contributed by atoms with E-state index in [-0.39, 0.29) is 27.4 Å². The number of amides is 1. The van der Waals surface area contributed by atoms with E-state index < -0.39 is 10.1 Å². The number of rotatable bonds is 2. The van der Waals surface area contributed by atoms with E-state index in [1.54, 1.807) is 6.92 Å². The summed E-state index contributed by atoms with van der Waals surface area (Å²) < 4.78 is 32.2. The van der Waals surface area contributed by atoms with Crippen LogP contribution in [0.4, 0.5) is 5.69 Å². The quantitative estimate of drug-likeness (QED) is 0.757. The molecule has 0 saturated heterocycles. The molecule has 1 amide bonds. The maximum Gasteiger partial charge on any atom is 0.295 e. The Morgan fingerprint density at radius 3 is 2.47 bits per heavy atom. The Labute approximate surface area is 126 Å². The van der Waals surface area contributed by atoms with Crippen LogP contribution in [0, 0.1) is 0 Å². The smallest absolute Gasteiger partial charge is 0.282 e. The summed E-state index contributed by atoms with van der Waals surface area (Å²) in [5.41, 5.74) is 0.873. The summed E-state index contributed by atoms with van der Waals surface area (Å²) in [6.45, 7) is 1.70. The zero-order valence-corrected chi connectivity index (χ0v) is 13.6. The number of hydrogen-bond acceptors (Lipinski definition) is 4. The first-order valence-electron chi connectivity index (χ1n) is 5.04. The molecule has 0 aromatic heterocycles. The summed E-state index contributed by atoms with van der Waals surface area (Å²) in [6, 6.07) is 2.66. The van der Waals surface area contributed by atoms with Gasteiger partial charge in [-0.15, -0.1) is 0 Å². The fraction of sp³-hybridized carbons (Fsp3) is 0.200. The fourth-order valence-corrected chi connectivity index (χ4v) is 4.10. The molecular formula is C10H8Br2N2O4S. The molecule has 102 valence electrons. The van der Waals surface area contributed by atoms with Crippen molar-refractivity contribution in [2.45, 2.75) is 18.2 Å². The Kier molecular flexibility index (Phi) is 3.83. The highest BCUT2D eigenvalue weighted by atomic mass is 79.9. The van der Waals surface area contributed by atoms with Gasteiger partial charge in [-0.05, 0) is 50.9 Å². The number of hydrazone groups is 1. The van der Waals surface area contributed by atoms with E-state index in [9.17, 15) is 13.2 Å². The molecule has 1 aliphatic heterocycles. The molecule has 1 aromatic rings. The number of hydrogen-bond donors (Lipinski definition) is 1. The predicted octanol–water partition coefficient (Wildman–Crippen LogP) is 2.57. The monoisotopic (exact) mass is 410 g/mol. The molecule has 0 atom stereocenters. The van der Waals surface area contributed by atoms with E-state index in [1.165, 1.54) is 12.1 Å². The Morgan fingerprint density at radius 2 is 2.00 bits per heavy atom. The van der Waals surface area contributed by atoms with Crippen LogP contribution in [0.25, 0.3) is 0 Å². The van der Waals surface area contributed by atoms with Gasteiger partial charge < -0.3 is 0 Å². The molecule has 2 rings (SSSR count). The van der Waals surface area contributed by atoms with Gasteiger partial charge in [0.25, 0.3) is 16.0 Å². The minimum atomic E-state index is -4.39. The van der Waals surface area contributed by atoms with Crippen LogP contribution >= 0.6 is 31.9 Å². The number of carbonyl (C=O) groups is 1. The SMILES string of the molecule is CC1=NN(c2c(Br)ccc(S(=O)(=O)O)c2Br)C(=O)C1. The van der Waals surface area contributed by atoms with E-state index in [4.69, 9.17) is 4.55 Å². The summed E-state index contributed by atoms with van der Waals surface area (Å²) in [4.78, 5) is 11.5. The first kappa shape index (κ1) is 14.6. The summed E-state index contributed by atoms with van der Waals surface area (Å²) in [6.07, 6.45) is 0.176. The standard InChI is InChI=1S/C10H8Br2N2O4S/c1-5-4-8(15)14(13-5)10-6(11)2-3-7(9(10)12)19(16,17)18/h2-3H,4H2,1H3,(H,16,17,18). The minimum absolute atomic E-state index is 0.0798. The molecule has 0 aliphatic carbocycles. The summed E-state index contributed by atoms with van der Waals surface area (Å²) in [5.74, 6) is -0.272. The van der Waals surface area contributed by atoms with Crippen molar-refractivity contribution in [1.82, 2.24) is 0 Å². The van der Waals surface area contributed by atoms with Gasteiger partial charge in [-0.25, -0.2) is 0 Å². The van der Waals surface area contributed by atoms with E-state index in [0.29, 0.717) is 10.2 Å². The lowest BCUT2D eigenvalue weighted by Gasteiger charge is -2.17. The van der Waals surface area contributed by atoms with E-state index >= 15 is 0 Å². The highest BCUT2D eigenvalue weighted by molar-refractivity contribution is 9.11. The van der Waals surface area contributed by atoms with E-state index in [2.05, 4.69) is 37.0 Å². The first-order valence-corrected chi connectivity index (χ1v) is 8.07. The van der Waals surface area contributed by atoms with Gasteiger partial charge in [0, 0.05) is 10.2 Å². The van der Waals surface area contributed by atoms with E-state index in [0.717, 1.165) is 5.01 Å². The summed E-state index contributed by atoms with van der Waals surface area (Å²) in [5, 5.41) is 5.16. The molecule has 0 radical (unpaired) electrons. The van der Waals surface area contributed by atoms with Crippen LogP contribution in [-0.4, -0.2) is 24.6 Å². The lowest BCUT2D eigenvalue weighted by Crippen LogP contribution is -2.21. The second-order valence-electron chi connectivity index (χ2n) is 3.90. The van der Waals surface area contributed by atoms with Crippen LogP contribution < -0.4 is 5.01 Å². The molecule has 0 spiro atoms. The van der Waals surface area contributed by atoms with Crippen molar-refractivity contribution >= 4 is 59.3 Å². The Balaban J connectivity index is 2.68. The minimum Gasteiger partial charge on any atom is -0.282 e. The predicted molar refractivity (Wildman–Crippen MR) is 76.9 cm³/mol. The fourth-order valence-electron chi connectivity index (χ4n) is 1.65. The maximum atomic E-state index is 11.8. The van der Waals surface area contributed by atoms with Crippen molar-refractivity contribution in [2.24, 2.45) is 5.10 Å². The third-order valence-electron chi connectivity index (χ3n) is 2.44. The van der Waals surface area contributed by atoms with Gasteiger partial charge >= 0.3 is 0 Å². The van der Waals surface area contributed by atoms with Gasteiger partial charge in [0.15, 0.2) is 0 Å². The van der Waals surface area contributed by atoms with Crippen LogP contribution in [-0.2, 0) is 14.9 Å². The van der Waals surface area contributed by atoms with Gasteiger partial charge in [0.2, 0.25) is 0 Å². The molecule has 1 aliphatic rings. The summed E-state index contributed by atoms with van der Waals surface area (Å²) >= 11 is 6.33. The third-order valence-corrected chi connectivity index (χ3v) is 5.04. The first-order chi connectivity index (χ1) is 8.71. The molecule has 6 nitrogen and oxygen atoms in total. The second-order valence-corrected chi connectivity index (χ2v) is 6.94. The zero-order chi connectivity index (χ0) is 14.4. The van der Waals surface area contributed by atoms with Crippen molar-refractivity contribution in [1.29, 1.82) is 0 Å². The molecule has 1 aromatic carbocycles. The third kappa shape index (κ3) is 2.73. The lowest BCUT2D eigenvalue weighted by atomic mass is 10.3. The van der Waals surface area contributed by atoms with Crippen molar-refractivity contribution in [3.8, 4) is 0 Å². The van der Waals surface area contributed by atoms with Gasteiger partial charge in [-0.1, -0.05) is 0 Å². The Morgan fingerprint density at radius 1 is 1.37 bits per heavy atom. The molecule has 0 unspecified atom stereocenters. The van der Waals surface area contributed by atoms with Gasteiger partial charge in [-0.2, -0.15) is 18.5 Å². The van der Waals surface area contributed by atoms with Crippen molar-refractivity contribution < 1.29 is 17.8 Å². The van der Waals surface area contributed by atoms with E-state index in [1.807, 2.05) is 0 Å². The van der Waals surface area contributed by atoms with Crippen LogP contribution in [0.3, 0.4) is 0 Å². The average molecular weight is 412 g/mol. The number of carbonyl (C=O) groups excluding carboxylic acids is 1. The van der Waals surface area contributed by atoms with Gasteiger partial charge in [0.1, 0.15) is 4.90 Å². The van der Waals surface area contributed by atoms with Crippen LogP contribution in [0.15, 0.2) is 31.1 Å². The Hall–Kier alpha value is -0.770.